The lowest BCUT2D eigenvalue weighted by atomic mass is 10.2. The van der Waals surface area contributed by atoms with E-state index >= 15 is 0 Å². The molecule has 0 aliphatic rings. The van der Waals surface area contributed by atoms with Crippen molar-refractivity contribution >= 4 is 5.97 Å². The normalized spacial score (nSPS) is 10.5. The van der Waals surface area contributed by atoms with E-state index in [9.17, 15) is 4.79 Å². The molecule has 0 aliphatic carbocycles. The van der Waals surface area contributed by atoms with Crippen LogP contribution in [0, 0.1) is 0 Å². The van der Waals surface area contributed by atoms with Gasteiger partial charge in [0, 0.05) is 11.3 Å². The van der Waals surface area contributed by atoms with E-state index in [1.807, 2.05) is 53.1 Å². The first-order valence-electron chi connectivity index (χ1n) is 8.55. The predicted octanol–water partition coefficient (Wildman–Crippen LogP) is 3.06. The summed E-state index contributed by atoms with van der Waals surface area (Å²) in [4.78, 5) is 12.0. The molecule has 140 valence electrons. The molecule has 3 rings (SSSR count). The summed E-state index contributed by atoms with van der Waals surface area (Å²) in [5, 5.41) is 8.53. The summed E-state index contributed by atoms with van der Waals surface area (Å²) in [7, 11) is 3.23. The van der Waals surface area contributed by atoms with Crippen molar-refractivity contribution in [1.82, 2.24) is 14.8 Å². The molecule has 0 radical (unpaired) electrons. The minimum atomic E-state index is -0.346. The largest absolute Gasteiger partial charge is 0.497 e. The van der Waals surface area contributed by atoms with Gasteiger partial charge in [0.15, 0.2) is 5.82 Å². The third-order valence-corrected chi connectivity index (χ3v) is 4.02. The minimum absolute atomic E-state index is 0.0308. The number of aromatic nitrogens is 3. The highest BCUT2D eigenvalue weighted by molar-refractivity contribution is 5.72. The molecule has 3 aromatic rings. The van der Waals surface area contributed by atoms with Gasteiger partial charge in [0.1, 0.15) is 23.7 Å². The topological polar surface area (TPSA) is 75.5 Å². The molecule has 0 bridgehead atoms. The van der Waals surface area contributed by atoms with Gasteiger partial charge < -0.3 is 14.2 Å². The third kappa shape index (κ3) is 4.08. The Hall–Kier alpha value is -3.35. The van der Waals surface area contributed by atoms with Crippen LogP contribution in [-0.4, -0.2) is 41.6 Å². The van der Waals surface area contributed by atoms with Gasteiger partial charge in [0.2, 0.25) is 0 Å². The van der Waals surface area contributed by atoms with Crippen molar-refractivity contribution in [3.05, 3.63) is 54.4 Å². The summed E-state index contributed by atoms with van der Waals surface area (Å²) < 4.78 is 17.3. The highest BCUT2D eigenvalue weighted by Gasteiger charge is 2.18. The molecule has 0 N–H and O–H groups in total. The molecule has 1 heterocycles. The number of carbonyl (C=O) groups excluding carboxylic acids is 1. The van der Waals surface area contributed by atoms with Crippen molar-refractivity contribution in [3.8, 4) is 28.6 Å². The summed E-state index contributed by atoms with van der Waals surface area (Å²) in [5.74, 6) is 2.28. The predicted molar refractivity (Wildman–Crippen MR) is 100 cm³/mol. The smallest absolute Gasteiger partial charge is 0.313 e. The first-order chi connectivity index (χ1) is 13.2. The van der Waals surface area contributed by atoms with Crippen molar-refractivity contribution in [2.75, 3.05) is 20.8 Å². The molecular formula is C20H21N3O4. The molecule has 2 aromatic carbocycles. The van der Waals surface area contributed by atoms with Gasteiger partial charge in [-0.3, -0.25) is 9.36 Å². The molecule has 27 heavy (non-hydrogen) atoms. The van der Waals surface area contributed by atoms with Crippen molar-refractivity contribution in [2.24, 2.45) is 0 Å². The highest BCUT2D eigenvalue weighted by atomic mass is 16.5. The van der Waals surface area contributed by atoms with E-state index in [0.29, 0.717) is 18.3 Å². The Morgan fingerprint density at radius 1 is 0.926 bits per heavy atom. The van der Waals surface area contributed by atoms with Gasteiger partial charge in [-0.1, -0.05) is 0 Å². The molecule has 0 saturated carbocycles. The monoisotopic (exact) mass is 367 g/mol. The van der Waals surface area contributed by atoms with Gasteiger partial charge in [-0.2, -0.15) is 0 Å². The first-order valence-corrected chi connectivity index (χ1v) is 8.55. The summed E-state index contributed by atoms with van der Waals surface area (Å²) in [6, 6.07) is 15.0. The lowest BCUT2D eigenvalue weighted by Gasteiger charge is -2.11. The Kier molecular flexibility index (Phi) is 5.71. The number of ether oxygens (including phenoxy) is 3. The van der Waals surface area contributed by atoms with Crippen LogP contribution in [0.25, 0.3) is 17.1 Å². The van der Waals surface area contributed by atoms with Crippen LogP contribution in [0.15, 0.2) is 48.5 Å². The Bertz CT molecular complexity index is 902. The molecular weight excluding hydrogens is 346 g/mol. The van der Waals surface area contributed by atoms with Gasteiger partial charge in [-0.15, -0.1) is 10.2 Å². The van der Waals surface area contributed by atoms with E-state index in [0.717, 1.165) is 22.7 Å². The number of methoxy groups -OCH3 is 2. The maximum atomic E-state index is 12.0. The zero-order chi connectivity index (χ0) is 19.2. The van der Waals surface area contributed by atoms with Crippen LogP contribution in [0.4, 0.5) is 0 Å². The molecule has 0 aliphatic heterocycles. The van der Waals surface area contributed by atoms with Crippen LogP contribution >= 0.6 is 0 Å². The highest BCUT2D eigenvalue weighted by Crippen LogP contribution is 2.26. The molecule has 7 heteroatoms. The lowest BCUT2D eigenvalue weighted by molar-refractivity contribution is -0.142. The maximum absolute atomic E-state index is 12.0. The van der Waals surface area contributed by atoms with Crippen molar-refractivity contribution in [2.45, 2.75) is 13.3 Å². The molecule has 0 fully saturated rings. The van der Waals surface area contributed by atoms with E-state index in [1.165, 1.54) is 0 Å². The number of carbonyl (C=O) groups is 1. The van der Waals surface area contributed by atoms with Crippen molar-refractivity contribution < 1.29 is 19.0 Å². The van der Waals surface area contributed by atoms with Gasteiger partial charge in [-0.05, 0) is 55.5 Å². The Balaban J connectivity index is 2.06. The van der Waals surface area contributed by atoms with Crippen LogP contribution < -0.4 is 9.47 Å². The van der Waals surface area contributed by atoms with E-state index in [4.69, 9.17) is 14.2 Å². The van der Waals surface area contributed by atoms with Crippen molar-refractivity contribution in [1.29, 1.82) is 0 Å². The second kappa shape index (κ2) is 8.35. The van der Waals surface area contributed by atoms with Crippen LogP contribution in [0.2, 0.25) is 0 Å². The zero-order valence-electron chi connectivity index (χ0n) is 15.5. The zero-order valence-corrected chi connectivity index (χ0v) is 15.5. The minimum Gasteiger partial charge on any atom is -0.497 e. The summed E-state index contributed by atoms with van der Waals surface area (Å²) in [6.45, 7) is 2.09. The second-order valence-electron chi connectivity index (χ2n) is 5.68. The average molecular weight is 367 g/mol. The van der Waals surface area contributed by atoms with E-state index in [2.05, 4.69) is 10.2 Å². The molecule has 1 aromatic heterocycles. The van der Waals surface area contributed by atoms with Gasteiger partial charge >= 0.3 is 5.97 Å². The molecule has 0 unspecified atom stereocenters. The standard InChI is InChI=1S/C20H21N3O4/c1-4-27-19(24)13-18-21-22-20(14-5-9-16(25-2)10-6-14)23(18)15-7-11-17(26-3)12-8-15/h5-12H,4,13H2,1-3H3. The molecule has 0 saturated heterocycles. The second-order valence-corrected chi connectivity index (χ2v) is 5.68. The lowest BCUT2D eigenvalue weighted by Crippen LogP contribution is -2.12. The third-order valence-electron chi connectivity index (χ3n) is 4.02. The Morgan fingerprint density at radius 3 is 2.07 bits per heavy atom. The van der Waals surface area contributed by atoms with Crippen LogP contribution in [-0.2, 0) is 16.0 Å². The summed E-state index contributed by atoms with van der Waals surface area (Å²) in [5.41, 5.74) is 1.68. The first kappa shape index (κ1) is 18.4. The van der Waals surface area contributed by atoms with Crippen LogP contribution in [0.1, 0.15) is 12.7 Å². The van der Waals surface area contributed by atoms with E-state index in [-0.39, 0.29) is 12.4 Å². The SMILES string of the molecule is CCOC(=O)Cc1nnc(-c2ccc(OC)cc2)n1-c1ccc(OC)cc1. The summed E-state index contributed by atoms with van der Waals surface area (Å²) in [6.07, 6.45) is 0.0308. The number of hydrogen-bond donors (Lipinski definition) is 0. The maximum Gasteiger partial charge on any atom is 0.313 e. The number of rotatable bonds is 7. The molecule has 0 spiro atoms. The van der Waals surface area contributed by atoms with E-state index in [1.54, 1.807) is 21.1 Å². The summed E-state index contributed by atoms with van der Waals surface area (Å²) >= 11 is 0. The quantitative estimate of drug-likeness (QED) is 0.598. The number of hydrogen-bond acceptors (Lipinski definition) is 6. The molecule has 7 nitrogen and oxygen atoms in total. The average Bonchev–Trinajstić information content (AvgIpc) is 3.11. The Morgan fingerprint density at radius 2 is 1.52 bits per heavy atom. The van der Waals surface area contributed by atoms with Crippen molar-refractivity contribution in [3.63, 3.8) is 0 Å². The Labute approximate surface area is 157 Å². The molecule has 0 amide bonds. The fraction of sp³-hybridized carbons (Fsp3) is 0.250. The number of benzene rings is 2. The molecule has 0 atom stereocenters. The van der Waals surface area contributed by atoms with Crippen LogP contribution in [0.3, 0.4) is 0 Å². The fourth-order valence-corrected chi connectivity index (χ4v) is 2.70. The van der Waals surface area contributed by atoms with E-state index < -0.39 is 0 Å². The number of nitrogens with zero attached hydrogens (tertiary/aromatic N) is 3. The van der Waals surface area contributed by atoms with Gasteiger partial charge in [0.25, 0.3) is 0 Å². The number of esters is 1. The fourth-order valence-electron chi connectivity index (χ4n) is 2.70. The van der Waals surface area contributed by atoms with Gasteiger partial charge in [-0.25, -0.2) is 0 Å². The van der Waals surface area contributed by atoms with Crippen LogP contribution in [0.5, 0.6) is 11.5 Å². The van der Waals surface area contributed by atoms with Gasteiger partial charge in [0.05, 0.1) is 20.8 Å².